The minimum absolute atomic E-state index is 0.0550. The van der Waals surface area contributed by atoms with Gasteiger partial charge in [0.2, 0.25) is 0 Å². The zero-order valence-corrected chi connectivity index (χ0v) is 9.72. The van der Waals surface area contributed by atoms with E-state index in [9.17, 15) is 4.79 Å². The summed E-state index contributed by atoms with van der Waals surface area (Å²) in [6.45, 7) is 1.78. The molecule has 0 saturated heterocycles. The second-order valence-electron chi connectivity index (χ2n) is 2.75. The molecule has 13 heavy (non-hydrogen) atoms. The van der Waals surface area contributed by atoms with Crippen LogP contribution in [0.25, 0.3) is 0 Å². The van der Waals surface area contributed by atoms with Crippen molar-refractivity contribution in [3.05, 3.63) is 33.8 Å². The molecule has 2 atom stereocenters. The topological polar surface area (TPSA) is 17.1 Å². The molecule has 0 amide bonds. The number of halogens is 2. The molecular formula is C9H9Cl2OP. The van der Waals surface area contributed by atoms with Crippen LogP contribution >= 0.6 is 32.4 Å². The number of carbonyl (C=O) groups is 1. The van der Waals surface area contributed by atoms with Gasteiger partial charge < -0.3 is 0 Å². The van der Waals surface area contributed by atoms with E-state index >= 15 is 0 Å². The van der Waals surface area contributed by atoms with Crippen molar-refractivity contribution in [1.82, 2.24) is 0 Å². The number of carbonyl (C=O) groups excluding carboxylic acids is 1. The SMILES string of the molecule is CC(P)C(=O)c1c(Cl)cccc1Cl. The third kappa shape index (κ3) is 2.43. The number of Topliss-reactive ketones (excluding diaryl/α,β-unsaturated/α-hetero) is 1. The second kappa shape index (κ2) is 4.41. The molecule has 1 nitrogen and oxygen atoms in total. The van der Waals surface area contributed by atoms with Crippen molar-refractivity contribution in [3.63, 3.8) is 0 Å². The fourth-order valence-electron chi connectivity index (χ4n) is 0.961. The smallest absolute Gasteiger partial charge is 0.172 e. The van der Waals surface area contributed by atoms with Crippen molar-refractivity contribution in [2.75, 3.05) is 0 Å². The van der Waals surface area contributed by atoms with Crippen LogP contribution in [0.1, 0.15) is 17.3 Å². The van der Waals surface area contributed by atoms with Crippen molar-refractivity contribution in [2.45, 2.75) is 12.6 Å². The molecule has 0 aliphatic heterocycles. The zero-order chi connectivity index (χ0) is 10.0. The van der Waals surface area contributed by atoms with Crippen molar-refractivity contribution >= 4 is 38.2 Å². The van der Waals surface area contributed by atoms with E-state index in [1.165, 1.54) is 0 Å². The first-order valence-electron chi connectivity index (χ1n) is 3.78. The van der Waals surface area contributed by atoms with Gasteiger partial charge in [0.25, 0.3) is 0 Å². The number of hydrogen-bond acceptors (Lipinski definition) is 1. The molecule has 0 heterocycles. The Balaban J connectivity index is 3.20. The van der Waals surface area contributed by atoms with Crippen LogP contribution in [0.4, 0.5) is 0 Å². The average molecular weight is 235 g/mol. The Kier molecular flexibility index (Phi) is 3.73. The first-order valence-corrected chi connectivity index (χ1v) is 5.20. The van der Waals surface area contributed by atoms with Gasteiger partial charge >= 0.3 is 0 Å². The van der Waals surface area contributed by atoms with Gasteiger partial charge in [-0.1, -0.05) is 36.2 Å². The van der Waals surface area contributed by atoms with Crippen LogP contribution in [0.5, 0.6) is 0 Å². The number of rotatable bonds is 2. The molecule has 0 spiro atoms. The van der Waals surface area contributed by atoms with Gasteiger partial charge in [-0.25, -0.2) is 0 Å². The summed E-state index contributed by atoms with van der Waals surface area (Å²) in [5, 5.41) is 0.818. The molecule has 2 unspecified atom stereocenters. The monoisotopic (exact) mass is 234 g/mol. The van der Waals surface area contributed by atoms with E-state index in [2.05, 4.69) is 9.24 Å². The maximum absolute atomic E-state index is 11.6. The van der Waals surface area contributed by atoms with Crippen LogP contribution in [-0.2, 0) is 0 Å². The maximum Gasteiger partial charge on any atom is 0.172 e. The Hall–Kier alpha value is -0.100. The van der Waals surface area contributed by atoms with E-state index in [4.69, 9.17) is 23.2 Å². The van der Waals surface area contributed by atoms with Crippen LogP contribution < -0.4 is 0 Å². The standard InChI is InChI=1S/C9H9Cl2OP/c1-5(13)9(12)8-6(10)3-2-4-7(8)11/h2-5H,13H2,1H3. The molecule has 0 fully saturated rings. The zero-order valence-electron chi connectivity index (χ0n) is 7.05. The lowest BCUT2D eigenvalue weighted by Gasteiger charge is -2.07. The van der Waals surface area contributed by atoms with Crippen molar-refractivity contribution in [3.8, 4) is 0 Å². The van der Waals surface area contributed by atoms with Gasteiger partial charge in [0.1, 0.15) is 0 Å². The molecule has 1 aromatic rings. The summed E-state index contributed by atoms with van der Waals surface area (Å²) in [5.41, 5.74) is 0.241. The first kappa shape index (κ1) is 11.0. The molecule has 0 aliphatic carbocycles. The minimum atomic E-state index is -0.169. The highest BCUT2D eigenvalue weighted by Crippen LogP contribution is 2.26. The summed E-state index contributed by atoms with van der Waals surface area (Å²) >= 11 is 11.7. The summed E-state index contributed by atoms with van der Waals surface area (Å²) < 4.78 is 0. The highest BCUT2D eigenvalue weighted by Gasteiger charge is 2.16. The molecule has 0 aliphatic rings. The quantitative estimate of drug-likeness (QED) is 0.566. The van der Waals surface area contributed by atoms with Gasteiger partial charge in [-0.15, -0.1) is 9.24 Å². The van der Waals surface area contributed by atoms with Crippen LogP contribution in [0.15, 0.2) is 18.2 Å². The predicted molar refractivity (Wildman–Crippen MR) is 60.0 cm³/mol. The predicted octanol–water partition coefficient (Wildman–Crippen LogP) is 3.44. The second-order valence-corrected chi connectivity index (χ2v) is 4.56. The number of benzene rings is 1. The molecule has 0 saturated carbocycles. The van der Waals surface area contributed by atoms with E-state index in [0.29, 0.717) is 15.6 Å². The lowest BCUT2D eigenvalue weighted by Crippen LogP contribution is -2.11. The van der Waals surface area contributed by atoms with E-state index in [1.807, 2.05) is 0 Å². The molecule has 0 aromatic heterocycles. The van der Waals surface area contributed by atoms with E-state index < -0.39 is 0 Å². The van der Waals surface area contributed by atoms with Crippen molar-refractivity contribution in [2.24, 2.45) is 0 Å². The number of hydrogen-bond donors (Lipinski definition) is 0. The van der Waals surface area contributed by atoms with Gasteiger partial charge in [0.15, 0.2) is 5.78 Å². The Morgan fingerprint density at radius 3 is 2.23 bits per heavy atom. The summed E-state index contributed by atoms with van der Waals surface area (Å²) in [7, 11) is 2.42. The van der Waals surface area contributed by atoms with E-state index in [1.54, 1.807) is 25.1 Å². The summed E-state index contributed by atoms with van der Waals surface area (Å²) in [5.74, 6) is -0.0550. The van der Waals surface area contributed by atoms with Crippen LogP contribution in [-0.4, -0.2) is 11.4 Å². The summed E-state index contributed by atoms with van der Waals surface area (Å²) in [4.78, 5) is 11.6. The van der Waals surface area contributed by atoms with Crippen LogP contribution in [0.2, 0.25) is 10.0 Å². The first-order chi connectivity index (χ1) is 6.04. The van der Waals surface area contributed by atoms with E-state index in [-0.39, 0.29) is 11.4 Å². The van der Waals surface area contributed by atoms with E-state index in [0.717, 1.165) is 0 Å². The van der Waals surface area contributed by atoms with Crippen LogP contribution in [0.3, 0.4) is 0 Å². The molecule has 4 heteroatoms. The molecule has 1 rings (SSSR count). The number of ketones is 1. The summed E-state index contributed by atoms with van der Waals surface area (Å²) in [6, 6.07) is 5.04. The van der Waals surface area contributed by atoms with Gasteiger partial charge in [0.05, 0.1) is 15.6 Å². The lowest BCUT2D eigenvalue weighted by atomic mass is 10.1. The molecule has 0 N–H and O–H groups in total. The van der Waals surface area contributed by atoms with Gasteiger partial charge in [-0.05, 0) is 12.1 Å². The Morgan fingerprint density at radius 1 is 1.38 bits per heavy atom. The third-order valence-corrected chi connectivity index (χ3v) is 2.56. The molecular weight excluding hydrogens is 226 g/mol. The van der Waals surface area contributed by atoms with Crippen LogP contribution in [0, 0.1) is 0 Å². The Morgan fingerprint density at radius 2 is 1.85 bits per heavy atom. The minimum Gasteiger partial charge on any atom is -0.293 e. The average Bonchev–Trinajstić information content (AvgIpc) is 2.03. The largest absolute Gasteiger partial charge is 0.293 e. The van der Waals surface area contributed by atoms with Gasteiger partial charge in [-0.2, -0.15) is 0 Å². The molecule has 1 aromatic carbocycles. The van der Waals surface area contributed by atoms with Crippen molar-refractivity contribution in [1.29, 1.82) is 0 Å². The molecule has 0 bridgehead atoms. The lowest BCUT2D eigenvalue weighted by molar-refractivity contribution is 0.0994. The highest BCUT2D eigenvalue weighted by molar-refractivity contribution is 7.19. The molecule has 70 valence electrons. The maximum atomic E-state index is 11.6. The Labute approximate surface area is 89.6 Å². The van der Waals surface area contributed by atoms with Gasteiger partial charge in [0, 0.05) is 5.66 Å². The normalized spacial score (nSPS) is 12.6. The molecule has 0 radical (unpaired) electrons. The van der Waals surface area contributed by atoms with Crippen molar-refractivity contribution < 1.29 is 4.79 Å². The fourth-order valence-corrected chi connectivity index (χ4v) is 1.71. The van der Waals surface area contributed by atoms with Gasteiger partial charge in [-0.3, -0.25) is 4.79 Å². The fraction of sp³-hybridized carbons (Fsp3) is 0.222. The highest BCUT2D eigenvalue weighted by atomic mass is 35.5. The third-order valence-electron chi connectivity index (χ3n) is 1.62. The summed E-state index contributed by atoms with van der Waals surface area (Å²) in [6.07, 6.45) is 0. The Bertz CT molecular complexity index is 316.